The topological polar surface area (TPSA) is 47.7 Å². The molecule has 0 atom stereocenters. The standard InChI is InChI=1S/C20H25BrN2O2/c1-20(2,12-22)13-23(10-15-4-3-5-17(21)8-15)11-16-6-7-18-19(9-16)25-14-24-18/h3-9H,10-14,22H2,1-2H3. The van der Waals surface area contributed by atoms with Crippen LogP contribution in [0.25, 0.3) is 0 Å². The molecule has 0 radical (unpaired) electrons. The Morgan fingerprint density at radius 1 is 1.04 bits per heavy atom. The predicted octanol–water partition coefficient (Wildman–Crippen LogP) is 4.16. The number of nitrogens with two attached hydrogens (primary N) is 1. The second-order valence-electron chi connectivity index (χ2n) is 7.33. The van der Waals surface area contributed by atoms with E-state index < -0.39 is 0 Å². The zero-order chi connectivity index (χ0) is 17.9. The van der Waals surface area contributed by atoms with Gasteiger partial charge in [0.1, 0.15) is 0 Å². The minimum Gasteiger partial charge on any atom is -0.454 e. The van der Waals surface area contributed by atoms with Gasteiger partial charge in [-0.15, -0.1) is 0 Å². The average Bonchev–Trinajstić information content (AvgIpc) is 3.02. The van der Waals surface area contributed by atoms with Gasteiger partial charge < -0.3 is 15.2 Å². The summed E-state index contributed by atoms with van der Waals surface area (Å²) in [4.78, 5) is 2.44. The van der Waals surface area contributed by atoms with Crippen molar-refractivity contribution in [2.45, 2.75) is 26.9 Å². The molecule has 2 N–H and O–H groups in total. The number of fused-ring (bicyclic) bond motifs is 1. The van der Waals surface area contributed by atoms with E-state index >= 15 is 0 Å². The zero-order valence-corrected chi connectivity index (χ0v) is 16.4. The Hall–Kier alpha value is -1.56. The van der Waals surface area contributed by atoms with Crippen LogP contribution in [0.4, 0.5) is 0 Å². The number of halogens is 1. The highest BCUT2D eigenvalue weighted by Crippen LogP contribution is 2.33. The molecule has 0 amide bonds. The van der Waals surface area contributed by atoms with Crippen LogP contribution < -0.4 is 15.2 Å². The summed E-state index contributed by atoms with van der Waals surface area (Å²) >= 11 is 3.56. The van der Waals surface area contributed by atoms with Crippen LogP contribution in [0.5, 0.6) is 11.5 Å². The third-order valence-corrected chi connectivity index (χ3v) is 4.84. The molecule has 0 saturated heterocycles. The monoisotopic (exact) mass is 404 g/mol. The van der Waals surface area contributed by atoms with E-state index in [0.717, 1.165) is 35.6 Å². The molecule has 0 spiro atoms. The van der Waals surface area contributed by atoms with Crippen LogP contribution in [0.2, 0.25) is 0 Å². The molecule has 2 aromatic carbocycles. The summed E-state index contributed by atoms with van der Waals surface area (Å²) < 4.78 is 12.0. The van der Waals surface area contributed by atoms with Gasteiger partial charge in [0, 0.05) is 24.1 Å². The third-order valence-electron chi connectivity index (χ3n) is 4.34. The van der Waals surface area contributed by atoms with E-state index in [0.29, 0.717) is 13.3 Å². The predicted molar refractivity (Wildman–Crippen MR) is 104 cm³/mol. The second-order valence-corrected chi connectivity index (χ2v) is 8.25. The molecular weight excluding hydrogens is 380 g/mol. The fraction of sp³-hybridized carbons (Fsp3) is 0.400. The molecule has 0 bridgehead atoms. The molecule has 4 nitrogen and oxygen atoms in total. The minimum absolute atomic E-state index is 0.0579. The lowest BCUT2D eigenvalue weighted by atomic mass is 9.92. The molecule has 0 aromatic heterocycles. The van der Waals surface area contributed by atoms with Crippen molar-refractivity contribution < 1.29 is 9.47 Å². The molecule has 0 saturated carbocycles. The van der Waals surface area contributed by atoms with Gasteiger partial charge >= 0.3 is 0 Å². The van der Waals surface area contributed by atoms with Crippen LogP contribution in [-0.2, 0) is 13.1 Å². The van der Waals surface area contributed by atoms with Crippen molar-refractivity contribution in [2.24, 2.45) is 11.1 Å². The van der Waals surface area contributed by atoms with E-state index in [9.17, 15) is 0 Å². The van der Waals surface area contributed by atoms with E-state index in [-0.39, 0.29) is 5.41 Å². The van der Waals surface area contributed by atoms with Gasteiger partial charge in [-0.3, -0.25) is 4.90 Å². The highest BCUT2D eigenvalue weighted by Gasteiger charge is 2.22. The Morgan fingerprint density at radius 3 is 2.48 bits per heavy atom. The van der Waals surface area contributed by atoms with Gasteiger partial charge in [-0.05, 0) is 47.4 Å². The first-order valence-electron chi connectivity index (χ1n) is 8.51. The summed E-state index contributed by atoms with van der Waals surface area (Å²) in [5.74, 6) is 1.66. The number of nitrogens with zero attached hydrogens (tertiary/aromatic N) is 1. The van der Waals surface area contributed by atoms with E-state index in [1.807, 2.05) is 6.07 Å². The molecule has 5 heteroatoms. The van der Waals surface area contributed by atoms with Crippen LogP contribution in [-0.4, -0.2) is 24.8 Å². The van der Waals surface area contributed by atoms with Crippen molar-refractivity contribution in [3.05, 3.63) is 58.1 Å². The molecule has 25 heavy (non-hydrogen) atoms. The third kappa shape index (κ3) is 4.97. The van der Waals surface area contributed by atoms with Gasteiger partial charge in [-0.2, -0.15) is 0 Å². The van der Waals surface area contributed by atoms with Crippen molar-refractivity contribution >= 4 is 15.9 Å². The van der Waals surface area contributed by atoms with Crippen LogP contribution in [0.1, 0.15) is 25.0 Å². The van der Waals surface area contributed by atoms with Crippen LogP contribution in [0, 0.1) is 5.41 Å². The summed E-state index contributed by atoms with van der Waals surface area (Å²) in [5, 5.41) is 0. The van der Waals surface area contributed by atoms with E-state index in [1.54, 1.807) is 0 Å². The molecule has 3 rings (SSSR count). The Balaban J connectivity index is 1.78. The zero-order valence-electron chi connectivity index (χ0n) is 14.8. The Kier molecular flexibility index (Phi) is 5.67. The molecule has 2 aromatic rings. The molecule has 1 aliphatic rings. The summed E-state index contributed by atoms with van der Waals surface area (Å²) in [6, 6.07) is 14.6. The first kappa shape index (κ1) is 18.2. The van der Waals surface area contributed by atoms with E-state index in [2.05, 4.69) is 71.1 Å². The number of rotatable bonds is 7. The quantitative estimate of drug-likeness (QED) is 0.752. The number of benzene rings is 2. The Bertz CT molecular complexity index is 733. The van der Waals surface area contributed by atoms with Gasteiger partial charge in [-0.25, -0.2) is 0 Å². The Labute approximate surface area is 158 Å². The molecular formula is C20H25BrN2O2. The fourth-order valence-electron chi connectivity index (χ4n) is 3.03. The molecule has 1 heterocycles. The maximum Gasteiger partial charge on any atom is 0.231 e. The SMILES string of the molecule is CC(C)(CN)CN(Cc1cccc(Br)c1)Cc1ccc2c(c1)OCO2. The number of hydrogen-bond donors (Lipinski definition) is 1. The minimum atomic E-state index is 0.0579. The summed E-state index contributed by atoms with van der Waals surface area (Å²) in [7, 11) is 0. The molecule has 0 unspecified atom stereocenters. The van der Waals surface area contributed by atoms with Gasteiger partial charge in [0.05, 0.1) is 0 Å². The van der Waals surface area contributed by atoms with Gasteiger partial charge in [0.15, 0.2) is 11.5 Å². The van der Waals surface area contributed by atoms with Crippen molar-refractivity contribution in [1.82, 2.24) is 4.90 Å². The maximum atomic E-state index is 5.97. The van der Waals surface area contributed by atoms with Gasteiger partial charge in [-0.1, -0.05) is 48.0 Å². The lowest BCUT2D eigenvalue weighted by molar-refractivity contribution is 0.168. The molecule has 0 aliphatic carbocycles. The van der Waals surface area contributed by atoms with E-state index in [1.165, 1.54) is 11.1 Å². The highest BCUT2D eigenvalue weighted by atomic mass is 79.9. The molecule has 134 valence electrons. The van der Waals surface area contributed by atoms with Crippen molar-refractivity contribution in [1.29, 1.82) is 0 Å². The lowest BCUT2D eigenvalue weighted by Crippen LogP contribution is -2.38. The van der Waals surface area contributed by atoms with Crippen LogP contribution in [0.15, 0.2) is 46.9 Å². The maximum absolute atomic E-state index is 5.97. The van der Waals surface area contributed by atoms with Gasteiger partial charge in [0.2, 0.25) is 6.79 Å². The first-order chi connectivity index (χ1) is 11.9. The summed E-state index contributed by atoms with van der Waals surface area (Å²) in [6.07, 6.45) is 0. The normalized spacial score (nSPS) is 13.5. The average molecular weight is 405 g/mol. The smallest absolute Gasteiger partial charge is 0.231 e. The Morgan fingerprint density at radius 2 is 1.76 bits per heavy atom. The second kappa shape index (κ2) is 7.77. The van der Waals surface area contributed by atoms with Crippen LogP contribution >= 0.6 is 15.9 Å². The van der Waals surface area contributed by atoms with Crippen LogP contribution in [0.3, 0.4) is 0 Å². The summed E-state index contributed by atoms with van der Waals surface area (Å²) in [6.45, 7) is 8.01. The number of ether oxygens (including phenoxy) is 2. The largest absolute Gasteiger partial charge is 0.454 e. The highest BCUT2D eigenvalue weighted by molar-refractivity contribution is 9.10. The van der Waals surface area contributed by atoms with Crippen molar-refractivity contribution in [2.75, 3.05) is 19.9 Å². The number of hydrogen-bond acceptors (Lipinski definition) is 4. The molecule has 1 aliphatic heterocycles. The van der Waals surface area contributed by atoms with Crippen molar-refractivity contribution in [3.63, 3.8) is 0 Å². The summed E-state index contributed by atoms with van der Waals surface area (Å²) in [5.41, 5.74) is 8.52. The molecule has 0 fully saturated rings. The van der Waals surface area contributed by atoms with Gasteiger partial charge in [0.25, 0.3) is 0 Å². The van der Waals surface area contributed by atoms with E-state index in [4.69, 9.17) is 15.2 Å². The van der Waals surface area contributed by atoms with Crippen molar-refractivity contribution in [3.8, 4) is 11.5 Å². The fourth-order valence-corrected chi connectivity index (χ4v) is 3.48. The lowest BCUT2D eigenvalue weighted by Gasteiger charge is -2.32. The first-order valence-corrected chi connectivity index (χ1v) is 9.30.